The number of hydrogen-bond acceptors (Lipinski definition) is 4. The van der Waals surface area contributed by atoms with Crippen LogP contribution in [0.25, 0.3) is 0 Å². The molecule has 1 aromatic heterocycles. The molecule has 104 valence electrons. The quantitative estimate of drug-likeness (QED) is 0.809. The van der Waals surface area contributed by atoms with Crippen molar-refractivity contribution in [2.75, 3.05) is 24.6 Å². The smallest absolute Gasteiger partial charge is 0.252 e. The number of nitrogens with one attached hydrogen (secondary N) is 1. The van der Waals surface area contributed by atoms with Crippen LogP contribution in [-0.4, -0.2) is 41.7 Å². The Morgan fingerprint density at radius 1 is 1.53 bits per heavy atom. The number of amides is 1. The van der Waals surface area contributed by atoms with Crippen molar-refractivity contribution in [3.8, 4) is 0 Å². The highest BCUT2D eigenvalue weighted by Crippen LogP contribution is 2.28. The van der Waals surface area contributed by atoms with Crippen LogP contribution in [0.2, 0.25) is 0 Å². The summed E-state index contributed by atoms with van der Waals surface area (Å²) in [6, 6.07) is 4.13. The lowest BCUT2D eigenvalue weighted by molar-refractivity contribution is 0.0955. The first-order chi connectivity index (χ1) is 9.26. The first kappa shape index (κ1) is 13.8. The number of anilines is 1. The number of carbonyl (C=O) groups is 1. The minimum Gasteiger partial charge on any atom is -0.395 e. The zero-order valence-corrected chi connectivity index (χ0v) is 11.3. The molecule has 1 saturated carbocycles. The van der Waals surface area contributed by atoms with Crippen molar-refractivity contribution < 1.29 is 9.90 Å². The normalized spacial score (nSPS) is 14.8. The fraction of sp³-hybridized carbons (Fsp3) is 0.571. The number of nitrogens with zero attached hydrogens (tertiary/aromatic N) is 2. The van der Waals surface area contributed by atoms with E-state index in [0.29, 0.717) is 24.7 Å². The van der Waals surface area contributed by atoms with E-state index in [-0.39, 0.29) is 12.5 Å². The number of hydrogen-bond donors (Lipinski definition) is 2. The Balaban J connectivity index is 2.08. The molecule has 0 aromatic carbocycles. The third-order valence-electron chi connectivity index (χ3n) is 3.50. The summed E-state index contributed by atoms with van der Waals surface area (Å²) in [7, 11) is 0. The van der Waals surface area contributed by atoms with Crippen molar-refractivity contribution in [2.24, 2.45) is 0 Å². The largest absolute Gasteiger partial charge is 0.395 e. The summed E-state index contributed by atoms with van der Waals surface area (Å²) in [6.45, 7) is 3.22. The van der Waals surface area contributed by atoms with Crippen molar-refractivity contribution in [2.45, 2.75) is 32.2 Å². The Morgan fingerprint density at radius 2 is 2.32 bits per heavy atom. The van der Waals surface area contributed by atoms with Gasteiger partial charge in [-0.25, -0.2) is 4.98 Å². The molecule has 0 saturated heterocycles. The molecule has 1 amide bonds. The molecule has 0 bridgehead atoms. The fourth-order valence-electron chi connectivity index (χ4n) is 2.24. The van der Waals surface area contributed by atoms with Crippen molar-refractivity contribution in [3.05, 3.63) is 23.9 Å². The lowest BCUT2D eigenvalue weighted by atomic mass is 9.91. The maximum absolute atomic E-state index is 11.6. The minimum atomic E-state index is -0.0982. The number of aliphatic hydroxyl groups excluding tert-OH is 1. The van der Waals surface area contributed by atoms with Crippen LogP contribution in [0.3, 0.4) is 0 Å². The first-order valence-corrected chi connectivity index (χ1v) is 6.88. The molecule has 1 fully saturated rings. The van der Waals surface area contributed by atoms with Crippen molar-refractivity contribution in [1.82, 2.24) is 10.3 Å². The molecule has 1 heterocycles. The molecule has 0 aliphatic heterocycles. The molecule has 1 aliphatic carbocycles. The molecule has 0 spiro atoms. The van der Waals surface area contributed by atoms with E-state index in [1.807, 2.05) is 13.0 Å². The number of carbonyl (C=O) groups excluding carboxylic acids is 1. The zero-order valence-electron chi connectivity index (χ0n) is 11.3. The molecule has 5 heteroatoms. The van der Waals surface area contributed by atoms with Gasteiger partial charge in [-0.3, -0.25) is 4.79 Å². The highest BCUT2D eigenvalue weighted by molar-refractivity contribution is 5.94. The van der Waals surface area contributed by atoms with Gasteiger partial charge in [0.05, 0.1) is 12.2 Å². The van der Waals surface area contributed by atoms with Crippen molar-refractivity contribution in [1.29, 1.82) is 0 Å². The van der Waals surface area contributed by atoms with Gasteiger partial charge in [0.15, 0.2) is 0 Å². The van der Waals surface area contributed by atoms with Crippen LogP contribution < -0.4 is 10.2 Å². The van der Waals surface area contributed by atoms with Crippen LogP contribution in [0.15, 0.2) is 18.3 Å². The molecule has 0 atom stereocenters. The van der Waals surface area contributed by atoms with Gasteiger partial charge in [-0.05, 0) is 38.3 Å². The topological polar surface area (TPSA) is 65.5 Å². The third kappa shape index (κ3) is 3.23. The number of aromatic nitrogens is 1. The van der Waals surface area contributed by atoms with Gasteiger partial charge in [0.2, 0.25) is 0 Å². The predicted molar refractivity (Wildman–Crippen MR) is 74.3 cm³/mol. The van der Waals surface area contributed by atoms with E-state index in [0.717, 1.165) is 18.7 Å². The van der Waals surface area contributed by atoms with Crippen LogP contribution in [0.4, 0.5) is 5.82 Å². The molecule has 0 radical (unpaired) electrons. The van der Waals surface area contributed by atoms with E-state index < -0.39 is 0 Å². The second-order valence-electron chi connectivity index (χ2n) is 4.77. The summed E-state index contributed by atoms with van der Waals surface area (Å²) in [5.41, 5.74) is 0.572. The maximum atomic E-state index is 11.6. The van der Waals surface area contributed by atoms with Gasteiger partial charge in [-0.15, -0.1) is 0 Å². The SMILES string of the molecule is CCNC(=O)c1ccc(N(CCO)C2CCC2)nc1. The third-order valence-corrected chi connectivity index (χ3v) is 3.50. The standard InChI is InChI=1S/C14H21N3O2/c1-2-15-14(19)11-6-7-13(16-10-11)17(8-9-18)12-4-3-5-12/h6-7,10,12,18H,2-5,8-9H2,1H3,(H,15,19). The number of pyridine rings is 1. The fourth-order valence-corrected chi connectivity index (χ4v) is 2.24. The molecule has 2 rings (SSSR count). The van der Waals surface area contributed by atoms with Gasteiger partial charge in [-0.2, -0.15) is 0 Å². The van der Waals surface area contributed by atoms with Gasteiger partial charge < -0.3 is 15.3 Å². The van der Waals surface area contributed by atoms with Crippen LogP contribution in [0.1, 0.15) is 36.5 Å². The molecular formula is C14H21N3O2. The van der Waals surface area contributed by atoms with E-state index in [1.54, 1.807) is 12.3 Å². The first-order valence-electron chi connectivity index (χ1n) is 6.88. The summed E-state index contributed by atoms with van der Waals surface area (Å²) in [5, 5.41) is 11.9. The zero-order chi connectivity index (χ0) is 13.7. The van der Waals surface area contributed by atoms with E-state index in [4.69, 9.17) is 5.11 Å². The lowest BCUT2D eigenvalue weighted by Gasteiger charge is -2.38. The van der Waals surface area contributed by atoms with Crippen LogP contribution in [-0.2, 0) is 0 Å². The number of rotatable bonds is 6. The van der Waals surface area contributed by atoms with Crippen molar-refractivity contribution >= 4 is 11.7 Å². The van der Waals surface area contributed by atoms with E-state index in [2.05, 4.69) is 15.2 Å². The van der Waals surface area contributed by atoms with Crippen LogP contribution >= 0.6 is 0 Å². The Kier molecular flexibility index (Phi) is 4.74. The van der Waals surface area contributed by atoms with Gasteiger partial charge in [0.1, 0.15) is 5.82 Å². The summed E-state index contributed by atoms with van der Waals surface area (Å²) >= 11 is 0. The maximum Gasteiger partial charge on any atom is 0.252 e. The molecule has 5 nitrogen and oxygen atoms in total. The Labute approximate surface area is 113 Å². The molecular weight excluding hydrogens is 242 g/mol. The summed E-state index contributed by atoms with van der Waals surface area (Å²) in [6.07, 6.45) is 5.15. The lowest BCUT2D eigenvalue weighted by Crippen LogP contribution is -2.42. The van der Waals surface area contributed by atoms with Gasteiger partial charge in [0, 0.05) is 25.3 Å². The van der Waals surface area contributed by atoms with E-state index in [9.17, 15) is 4.79 Å². The van der Waals surface area contributed by atoms with Gasteiger partial charge in [-0.1, -0.05) is 0 Å². The molecule has 0 unspecified atom stereocenters. The Morgan fingerprint density at radius 3 is 2.79 bits per heavy atom. The highest BCUT2D eigenvalue weighted by atomic mass is 16.3. The second kappa shape index (κ2) is 6.52. The summed E-state index contributed by atoms with van der Waals surface area (Å²) in [4.78, 5) is 18.1. The average molecular weight is 263 g/mol. The predicted octanol–water partition coefficient (Wildman–Crippen LogP) is 1.18. The van der Waals surface area contributed by atoms with Gasteiger partial charge in [0.25, 0.3) is 5.91 Å². The van der Waals surface area contributed by atoms with Crippen LogP contribution in [0.5, 0.6) is 0 Å². The molecule has 19 heavy (non-hydrogen) atoms. The van der Waals surface area contributed by atoms with Crippen LogP contribution in [0, 0.1) is 0 Å². The molecule has 1 aromatic rings. The Bertz CT molecular complexity index is 415. The second-order valence-corrected chi connectivity index (χ2v) is 4.77. The van der Waals surface area contributed by atoms with Crippen molar-refractivity contribution in [3.63, 3.8) is 0 Å². The summed E-state index contributed by atoms with van der Waals surface area (Å²) < 4.78 is 0. The number of aliphatic hydroxyl groups is 1. The molecule has 2 N–H and O–H groups in total. The van der Waals surface area contributed by atoms with E-state index in [1.165, 1.54) is 6.42 Å². The molecule has 1 aliphatic rings. The van der Waals surface area contributed by atoms with Gasteiger partial charge >= 0.3 is 0 Å². The summed E-state index contributed by atoms with van der Waals surface area (Å²) in [5.74, 6) is 0.741. The Hall–Kier alpha value is -1.62. The monoisotopic (exact) mass is 263 g/mol. The van der Waals surface area contributed by atoms with E-state index >= 15 is 0 Å². The highest BCUT2D eigenvalue weighted by Gasteiger charge is 2.25. The minimum absolute atomic E-state index is 0.0982. The average Bonchev–Trinajstić information content (AvgIpc) is 2.37.